The number of aromatic amines is 1. The van der Waals surface area contributed by atoms with Gasteiger partial charge in [-0.2, -0.15) is 5.10 Å². The lowest BCUT2D eigenvalue weighted by atomic mass is 9.92. The standard InChI is InChI=1S/C18H23N5O3S/c1-21-11-13(10-15(21)24)17(25)22-6-4-12(5-7-22)9-14-19-20-18(26)23(14)16-3-2-8-27-16/h2-3,8,12-13H,4-7,9-11H2,1H3,(H,20,26)/t13-/m1/s1. The van der Waals surface area contributed by atoms with Gasteiger partial charge in [-0.1, -0.05) is 0 Å². The number of aromatic nitrogens is 3. The fourth-order valence-electron chi connectivity index (χ4n) is 3.99. The first-order valence-electron chi connectivity index (χ1n) is 9.26. The molecule has 1 N–H and O–H groups in total. The summed E-state index contributed by atoms with van der Waals surface area (Å²) in [6, 6.07) is 3.82. The van der Waals surface area contributed by atoms with Crippen molar-refractivity contribution in [1.29, 1.82) is 0 Å². The van der Waals surface area contributed by atoms with E-state index in [-0.39, 0.29) is 23.4 Å². The highest BCUT2D eigenvalue weighted by molar-refractivity contribution is 7.12. The molecule has 0 spiro atoms. The lowest BCUT2D eigenvalue weighted by Gasteiger charge is -2.33. The van der Waals surface area contributed by atoms with Crippen LogP contribution in [0.3, 0.4) is 0 Å². The normalized spacial score (nSPS) is 21.2. The molecule has 0 aliphatic carbocycles. The Bertz CT molecular complexity index is 879. The Kier molecular flexibility index (Phi) is 4.86. The SMILES string of the molecule is CN1C[C@H](C(=O)N2CCC(Cc3n[nH]c(=O)n3-c3cccs3)CC2)CC1=O. The molecule has 0 saturated carbocycles. The molecule has 0 aromatic carbocycles. The third-order valence-electron chi connectivity index (χ3n) is 5.56. The summed E-state index contributed by atoms with van der Waals surface area (Å²) < 4.78 is 1.64. The van der Waals surface area contributed by atoms with Crippen molar-refractivity contribution in [2.45, 2.75) is 25.7 Å². The minimum Gasteiger partial charge on any atom is -0.345 e. The van der Waals surface area contributed by atoms with Crippen LogP contribution < -0.4 is 5.69 Å². The van der Waals surface area contributed by atoms with Crippen molar-refractivity contribution in [2.24, 2.45) is 11.8 Å². The van der Waals surface area contributed by atoms with Crippen molar-refractivity contribution in [3.63, 3.8) is 0 Å². The van der Waals surface area contributed by atoms with Crippen molar-refractivity contribution in [1.82, 2.24) is 24.6 Å². The molecule has 9 heteroatoms. The molecule has 0 radical (unpaired) electrons. The summed E-state index contributed by atoms with van der Waals surface area (Å²) in [5.74, 6) is 1.08. The Labute approximate surface area is 160 Å². The number of thiophene rings is 1. The quantitative estimate of drug-likeness (QED) is 0.840. The van der Waals surface area contributed by atoms with E-state index in [2.05, 4.69) is 10.2 Å². The molecule has 8 nitrogen and oxygen atoms in total. The Hall–Kier alpha value is -2.42. The maximum atomic E-state index is 12.7. The van der Waals surface area contributed by atoms with Crippen LogP contribution in [0.15, 0.2) is 22.3 Å². The topological polar surface area (TPSA) is 91.3 Å². The first-order chi connectivity index (χ1) is 13.0. The van der Waals surface area contributed by atoms with E-state index in [9.17, 15) is 14.4 Å². The van der Waals surface area contributed by atoms with Gasteiger partial charge < -0.3 is 9.80 Å². The van der Waals surface area contributed by atoms with Crippen molar-refractivity contribution < 1.29 is 9.59 Å². The maximum Gasteiger partial charge on any atom is 0.348 e. The van der Waals surface area contributed by atoms with Gasteiger partial charge in [-0.15, -0.1) is 11.3 Å². The second-order valence-electron chi connectivity index (χ2n) is 7.38. The number of rotatable bonds is 4. The summed E-state index contributed by atoms with van der Waals surface area (Å²) in [7, 11) is 1.75. The van der Waals surface area contributed by atoms with Gasteiger partial charge in [0.1, 0.15) is 10.8 Å². The summed E-state index contributed by atoms with van der Waals surface area (Å²) in [6.45, 7) is 1.93. The first kappa shape index (κ1) is 18.0. The summed E-state index contributed by atoms with van der Waals surface area (Å²) >= 11 is 1.51. The van der Waals surface area contributed by atoms with Gasteiger partial charge in [-0.25, -0.2) is 14.5 Å². The van der Waals surface area contributed by atoms with Gasteiger partial charge in [0.05, 0.1) is 5.92 Å². The van der Waals surface area contributed by atoms with Gasteiger partial charge >= 0.3 is 5.69 Å². The fourth-order valence-corrected chi connectivity index (χ4v) is 4.74. The molecule has 0 bridgehead atoms. The number of nitrogens with one attached hydrogen (secondary N) is 1. The third-order valence-corrected chi connectivity index (χ3v) is 6.41. The highest BCUT2D eigenvalue weighted by Gasteiger charge is 2.36. The molecule has 2 aromatic rings. The van der Waals surface area contributed by atoms with E-state index in [0.717, 1.165) is 23.7 Å². The molecule has 2 aliphatic rings. The number of hydrogen-bond donors (Lipinski definition) is 1. The van der Waals surface area contributed by atoms with E-state index < -0.39 is 0 Å². The zero-order chi connectivity index (χ0) is 19.0. The van der Waals surface area contributed by atoms with Crippen LogP contribution in [0.2, 0.25) is 0 Å². The van der Waals surface area contributed by atoms with Crippen LogP contribution in [0.25, 0.3) is 5.00 Å². The molecule has 2 fully saturated rings. The van der Waals surface area contributed by atoms with Gasteiger partial charge in [-0.3, -0.25) is 9.59 Å². The van der Waals surface area contributed by atoms with Gasteiger partial charge in [0.15, 0.2) is 0 Å². The third kappa shape index (κ3) is 3.55. The van der Waals surface area contributed by atoms with Crippen molar-refractivity contribution >= 4 is 23.2 Å². The van der Waals surface area contributed by atoms with E-state index in [1.807, 2.05) is 22.4 Å². The minimum atomic E-state index is -0.213. The molecule has 2 aromatic heterocycles. The number of carbonyl (C=O) groups excluding carboxylic acids is 2. The first-order valence-corrected chi connectivity index (χ1v) is 10.1. The number of amides is 2. The molecule has 2 saturated heterocycles. The predicted molar refractivity (Wildman–Crippen MR) is 101 cm³/mol. The number of carbonyl (C=O) groups is 2. The van der Waals surface area contributed by atoms with Crippen LogP contribution >= 0.6 is 11.3 Å². The minimum absolute atomic E-state index is 0.0494. The lowest BCUT2D eigenvalue weighted by molar-refractivity contribution is -0.137. The summed E-state index contributed by atoms with van der Waals surface area (Å²) in [4.78, 5) is 39.9. The fraction of sp³-hybridized carbons (Fsp3) is 0.556. The molecule has 2 aliphatic heterocycles. The molecular formula is C18H23N5O3S. The molecule has 4 rings (SSSR count). The lowest BCUT2D eigenvalue weighted by Crippen LogP contribution is -2.42. The maximum absolute atomic E-state index is 12.7. The van der Waals surface area contributed by atoms with Crippen LogP contribution in [0, 0.1) is 11.8 Å². The molecular weight excluding hydrogens is 366 g/mol. The number of likely N-dealkylation sites (tertiary alicyclic amines) is 2. The van der Waals surface area contributed by atoms with Crippen molar-refractivity contribution in [3.05, 3.63) is 33.8 Å². The van der Waals surface area contributed by atoms with E-state index in [1.54, 1.807) is 16.5 Å². The zero-order valence-corrected chi connectivity index (χ0v) is 16.1. The summed E-state index contributed by atoms with van der Waals surface area (Å²) in [5.41, 5.74) is -0.213. The van der Waals surface area contributed by atoms with Crippen LogP contribution in [0.1, 0.15) is 25.1 Å². The monoisotopic (exact) mass is 389 g/mol. The number of nitrogens with zero attached hydrogens (tertiary/aromatic N) is 4. The average Bonchev–Trinajstić information content (AvgIpc) is 3.37. The molecule has 4 heterocycles. The average molecular weight is 389 g/mol. The highest BCUT2D eigenvalue weighted by atomic mass is 32.1. The molecule has 1 atom stereocenters. The number of H-pyrrole nitrogens is 1. The van der Waals surface area contributed by atoms with Gasteiger partial charge in [0, 0.05) is 39.5 Å². The molecule has 2 amide bonds. The van der Waals surface area contributed by atoms with E-state index >= 15 is 0 Å². The smallest absolute Gasteiger partial charge is 0.345 e. The second-order valence-corrected chi connectivity index (χ2v) is 8.31. The van der Waals surface area contributed by atoms with Crippen LogP contribution in [0.5, 0.6) is 0 Å². The van der Waals surface area contributed by atoms with E-state index in [0.29, 0.717) is 38.4 Å². The van der Waals surface area contributed by atoms with Crippen LogP contribution in [0.4, 0.5) is 0 Å². The van der Waals surface area contributed by atoms with Crippen molar-refractivity contribution in [3.8, 4) is 5.00 Å². The summed E-state index contributed by atoms with van der Waals surface area (Å²) in [6.07, 6.45) is 2.81. The van der Waals surface area contributed by atoms with Gasteiger partial charge in [-0.05, 0) is 36.3 Å². The molecule has 27 heavy (non-hydrogen) atoms. The van der Waals surface area contributed by atoms with Crippen molar-refractivity contribution in [2.75, 3.05) is 26.7 Å². The largest absolute Gasteiger partial charge is 0.348 e. The number of hydrogen-bond acceptors (Lipinski definition) is 5. The zero-order valence-electron chi connectivity index (χ0n) is 15.3. The molecule has 144 valence electrons. The Morgan fingerprint density at radius 1 is 1.33 bits per heavy atom. The highest BCUT2D eigenvalue weighted by Crippen LogP contribution is 2.25. The second kappa shape index (κ2) is 7.30. The Morgan fingerprint density at radius 2 is 2.11 bits per heavy atom. The predicted octanol–water partition coefficient (Wildman–Crippen LogP) is 0.881. The van der Waals surface area contributed by atoms with Crippen LogP contribution in [-0.2, 0) is 16.0 Å². The Balaban J connectivity index is 1.36. The van der Waals surface area contributed by atoms with E-state index in [4.69, 9.17) is 0 Å². The van der Waals surface area contributed by atoms with Gasteiger partial charge in [0.25, 0.3) is 0 Å². The molecule has 0 unspecified atom stereocenters. The number of piperidine rings is 1. The van der Waals surface area contributed by atoms with Crippen LogP contribution in [-0.4, -0.2) is 63.1 Å². The van der Waals surface area contributed by atoms with E-state index in [1.165, 1.54) is 11.3 Å². The van der Waals surface area contributed by atoms with Gasteiger partial charge in [0.2, 0.25) is 11.8 Å². The summed E-state index contributed by atoms with van der Waals surface area (Å²) in [5, 5.41) is 9.56. The Morgan fingerprint density at radius 3 is 2.74 bits per heavy atom.